The normalized spacial score (nSPS) is 11.3. The largest absolute Gasteiger partial charge is 0.497 e. The van der Waals surface area contributed by atoms with Crippen molar-refractivity contribution in [3.8, 4) is 11.4 Å². The quantitative estimate of drug-likeness (QED) is 0.345. The van der Waals surface area contributed by atoms with Gasteiger partial charge in [-0.15, -0.1) is 0 Å². The number of imidazole rings is 1. The number of hydrogen-bond acceptors (Lipinski definition) is 6. The van der Waals surface area contributed by atoms with E-state index < -0.39 is 11.2 Å². The number of rotatable bonds is 9. The Morgan fingerprint density at radius 3 is 2.46 bits per heavy atom. The predicted octanol–water partition coefficient (Wildman–Crippen LogP) is 3.01. The Hall–Kier alpha value is -3.98. The summed E-state index contributed by atoms with van der Waals surface area (Å²) in [4.78, 5) is 44.2. The number of Topliss-reactive ketones (excluding diaryl/α,β-unsaturated/α-hetero) is 1. The maximum Gasteiger partial charge on any atom is 0.337 e. The number of carbonyl (C=O) groups is 1. The summed E-state index contributed by atoms with van der Waals surface area (Å²) in [6, 6.07) is 14.4. The van der Waals surface area contributed by atoms with Crippen LogP contribution in [0, 0.1) is 0 Å². The van der Waals surface area contributed by atoms with Crippen molar-refractivity contribution >= 4 is 16.9 Å². The zero-order chi connectivity index (χ0) is 25.1. The molecule has 0 radical (unpaired) electrons. The molecule has 4 aromatic rings. The van der Waals surface area contributed by atoms with Crippen LogP contribution in [0.15, 0.2) is 64.4 Å². The predicted molar refractivity (Wildman–Crippen MR) is 133 cm³/mol. The number of carbonyl (C=O) groups excluding carboxylic acids is 1. The number of benzene rings is 2. The van der Waals surface area contributed by atoms with Crippen molar-refractivity contribution in [2.24, 2.45) is 0 Å². The summed E-state index contributed by atoms with van der Waals surface area (Å²) < 4.78 is 14.3. The maximum atomic E-state index is 13.4. The fourth-order valence-corrected chi connectivity index (χ4v) is 3.96. The molecule has 0 saturated heterocycles. The van der Waals surface area contributed by atoms with Crippen molar-refractivity contribution in [1.82, 2.24) is 18.7 Å². The summed E-state index contributed by atoms with van der Waals surface area (Å²) in [7, 11) is 3.03. The van der Waals surface area contributed by atoms with Gasteiger partial charge in [0.15, 0.2) is 16.9 Å². The van der Waals surface area contributed by atoms with Gasteiger partial charge in [-0.2, -0.15) is 0 Å². The van der Waals surface area contributed by atoms with Gasteiger partial charge in [0.05, 0.1) is 38.8 Å². The summed E-state index contributed by atoms with van der Waals surface area (Å²) in [5, 5.41) is 0. The number of hydrogen-bond donors (Lipinski definition) is 0. The maximum absolute atomic E-state index is 13.4. The Morgan fingerprint density at radius 1 is 1.06 bits per heavy atom. The number of methoxy groups -OCH3 is 2. The van der Waals surface area contributed by atoms with Crippen molar-refractivity contribution in [3.05, 3.63) is 86.8 Å². The minimum atomic E-state index is -0.520. The Morgan fingerprint density at radius 2 is 1.80 bits per heavy atom. The lowest BCUT2D eigenvalue weighted by atomic mass is 10.0. The van der Waals surface area contributed by atoms with E-state index in [9.17, 15) is 14.4 Å². The van der Waals surface area contributed by atoms with Gasteiger partial charge >= 0.3 is 5.69 Å². The molecule has 0 unspecified atom stereocenters. The molecule has 2 aromatic carbocycles. The fourth-order valence-electron chi connectivity index (χ4n) is 3.96. The second-order valence-electron chi connectivity index (χ2n) is 8.51. The fraction of sp³-hybridized carbons (Fsp3) is 0.308. The Kier molecular flexibility index (Phi) is 6.97. The van der Waals surface area contributed by atoms with Crippen molar-refractivity contribution in [3.63, 3.8) is 0 Å². The van der Waals surface area contributed by atoms with Crippen LogP contribution >= 0.6 is 0 Å². The van der Waals surface area contributed by atoms with E-state index in [-0.39, 0.29) is 36.6 Å². The smallest absolute Gasteiger partial charge is 0.337 e. The van der Waals surface area contributed by atoms with Crippen LogP contribution in [0.3, 0.4) is 0 Å². The van der Waals surface area contributed by atoms with Crippen molar-refractivity contribution in [2.45, 2.75) is 32.9 Å². The number of nitrogens with zero attached hydrogens (tertiary/aromatic N) is 4. The molecule has 0 saturated carbocycles. The monoisotopic (exact) mass is 476 g/mol. The molecule has 0 N–H and O–H groups in total. The SMILES string of the molecule is COCCn1c(=O)c2c(ncn2CC(=O)c2cccc(OC)c2)n(-c2ccc(C(C)C)cc2)c1=O. The molecule has 2 heterocycles. The third-order valence-corrected chi connectivity index (χ3v) is 5.94. The van der Waals surface area contributed by atoms with Crippen LogP contribution in [-0.4, -0.2) is 45.3 Å². The standard InChI is InChI=1S/C26H28N4O5/c1-17(2)18-8-10-20(11-9-18)30-24-23(25(32)29(26(30)33)12-13-34-3)28(16-27-24)15-22(31)19-6-5-7-21(14-19)35-4/h5-11,14,16-17H,12-13,15H2,1-4H3. The van der Waals surface area contributed by atoms with Crippen LogP contribution in [0.25, 0.3) is 16.9 Å². The van der Waals surface area contributed by atoms with Crippen LogP contribution in [0.4, 0.5) is 0 Å². The molecular weight excluding hydrogens is 448 g/mol. The van der Waals surface area contributed by atoms with Crippen molar-refractivity contribution < 1.29 is 14.3 Å². The van der Waals surface area contributed by atoms with E-state index in [0.717, 1.165) is 10.1 Å². The van der Waals surface area contributed by atoms with E-state index in [1.54, 1.807) is 24.3 Å². The topological polar surface area (TPSA) is 97.3 Å². The highest BCUT2D eigenvalue weighted by Crippen LogP contribution is 2.19. The molecule has 9 heteroatoms. The van der Waals surface area contributed by atoms with Crippen LogP contribution in [0.2, 0.25) is 0 Å². The first-order valence-electron chi connectivity index (χ1n) is 11.3. The number of ketones is 1. The van der Waals surface area contributed by atoms with Gasteiger partial charge in [0.25, 0.3) is 5.56 Å². The molecule has 0 fully saturated rings. The van der Waals surface area contributed by atoms with Gasteiger partial charge in [-0.3, -0.25) is 14.2 Å². The summed E-state index contributed by atoms with van der Waals surface area (Å²) in [5.74, 6) is 0.676. The van der Waals surface area contributed by atoms with E-state index in [1.165, 1.54) is 29.7 Å². The zero-order valence-corrected chi connectivity index (χ0v) is 20.2. The zero-order valence-electron chi connectivity index (χ0n) is 20.2. The molecule has 9 nitrogen and oxygen atoms in total. The van der Waals surface area contributed by atoms with E-state index in [0.29, 0.717) is 22.9 Å². The third-order valence-electron chi connectivity index (χ3n) is 5.94. The van der Waals surface area contributed by atoms with Crippen molar-refractivity contribution in [1.29, 1.82) is 0 Å². The van der Waals surface area contributed by atoms with E-state index in [2.05, 4.69) is 18.8 Å². The van der Waals surface area contributed by atoms with Crippen LogP contribution in [-0.2, 0) is 17.8 Å². The summed E-state index contributed by atoms with van der Waals surface area (Å²) in [6.45, 7) is 4.32. The van der Waals surface area contributed by atoms with Gasteiger partial charge in [0.2, 0.25) is 0 Å². The lowest BCUT2D eigenvalue weighted by Gasteiger charge is -2.13. The number of ether oxygens (including phenoxy) is 2. The minimum absolute atomic E-state index is 0.0726. The molecule has 2 aromatic heterocycles. The molecule has 0 spiro atoms. The summed E-state index contributed by atoms with van der Waals surface area (Å²) in [5.41, 5.74) is 1.49. The van der Waals surface area contributed by atoms with Gasteiger partial charge in [-0.25, -0.2) is 14.3 Å². The van der Waals surface area contributed by atoms with Gasteiger partial charge in [-0.1, -0.05) is 38.1 Å². The highest BCUT2D eigenvalue weighted by atomic mass is 16.5. The summed E-state index contributed by atoms with van der Waals surface area (Å²) in [6.07, 6.45) is 1.42. The molecule has 0 bridgehead atoms. The highest BCUT2D eigenvalue weighted by Gasteiger charge is 2.21. The van der Waals surface area contributed by atoms with Gasteiger partial charge < -0.3 is 14.0 Å². The Bertz CT molecular complexity index is 1480. The van der Waals surface area contributed by atoms with Crippen LogP contribution in [0.1, 0.15) is 35.7 Å². The first kappa shape index (κ1) is 24.2. The first-order valence-corrected chi connectivity index (χ1v) is 11.3. The first-order chi connectivity index (χ1) is 16.8. The van der Waals surface area contributed by atoms with Gasteiger partial charge in [0, 0.05) is 12.7 Å². The lowest BCUT2D eigenvalue weighted by Crippen LogP contribution is -2.41. The Labute approximate surface area is 202 Å². The molecule has 0 amide bonds. The van der Waals surface area contributed by atoms with Crippen LogP contribution in [0.5, 0.6) is 5.75 Å². The van der Waals surface area contributed by atoms with Gasteiger partial charge in [-0.05, 0) is 35.7 Å². The molecule has 182 valence electrons. The molecule has 0 aliphatic rings. The average molecular weight is 477 g/mol. The van der Waals surface area contributed by atoms with E-state index >= 15 is 0 Å². The average Bonchev–Trinajstić information content (AvgIpc) is 3.27. The number of aromatic nitrogens is 4. The van der Waals surface area contributed by atoms with E-state index in [4.69, 9.17) is 9.47 Å². The molecule has 4 rings (SSSR count). The van der Waals surface area contributed by atoms with Crippen molar-refractivity contribution in [2.75, 3.05) is 20.8 Å². The molecular formula is C26H28N4O5. The lowest BCUT2D eigenvalue weighted by molar-refractivity contribution is 0.0973. The number of fused-ring (bicyclic) bond motifs is 1. The second kappa shape index (κ2) is 10.1. The molecule has 0 atom stereocenters. The molecule has 0 aliphatic carbocycles. The third kappa shape index (κ3) is 4.67. The van der Waals surface area contributed by atoms with Crippen LogP contribution < -0.4 is 16.0 Å². The van der Waals surface area contributed by atoms with Gasteiger partial charge in [0.1, 0.15) is 5.75 Å². The highest BCUT2D eigenvalue weighted by molar-refractivity contribution is 5.96. The minimum Gasteiger partial charge on any atom is -0.497 e. The molecule has 0 aliphatic heterocycles. The van der Waals surface area contributed by atoms with E-state index in [1.807, 2.05) is 24.3 Å². The summed E-state index contributed by atoms with van der Waals surface area (Å²) >= 11 is 0. The Balaban J connectivity index is 1.87. The second-order valence-corrected chi connectivity index (χ2v) is 8.51. The molecule has 35 heavy (non-hydrogen) atoms.